The second-order valence-electron chi connectivity index (χ2n) is 4.50. The highest BCUT2D eigenvalue weighted by Gasteiger charge is 2.09. The van der Waals surface area contributed by atoms with E-state index in [4.69, 9.17) is 11.6 Å². The molecular weight excluding hydrogens is 352 g/mol. The summed E-state index contributed by atoms with van der Waals surface area (Å²) in [6.45, 7) is 3.67. The molecule has 2 heterocycles. The van der Waals surface area contributed by atoms with Crippen LogP contribution in [0.5, 0.6) is 0 Å². The van der Waals surface area contributed by atoms with Gasteiger partial charge in [-0.2, -0.15) is 9.47 Å². The lowest BCUT2D eigenvalue weighted by Gasteiger charge is -2.04. The van der Waals surface area contributed by atoms with Crippen molar-refractivity contribution in [2.24, 2.45) is 10.2 Å². The molecule has 0 saturated carbocycles. The molecule has 0 aliphatic carbocycles. The number of nitrogens with zero attached hydrogens (tertiary/aromatic N) is 6. The second kappa shape index (κ2) is 7.20. The predicted molar refractivity (Wildman–Crippen MR) is 96.1 cm³/mol. The van der Waals surface area contributed by atoms with Gasteiger partial charge in [-0.25, -0.2) is 9.67 Å². The molecule has 0 aliphatic heterocycles. The summed E-state index contributed by atoms with van der Waals surface area (Å²) >= 11 is 11.7. The summed E-state index contributed by atoms with van der Waals surface area (Å²) in [5.41, 5.74) is 2.13. The van der Waals surface area contributed by atoms with Gasteiger partial charge in [0.05, 0.1) is 22.6 Å². The Morgan fingerprint density at radius 2 is 2.04 bits per heavy atom. The monoisotopic (exact) mass is 366 g/mol. The van der Waals surface area contributed by atoms with E-state index in [1.165, 1.54) is 11.5 Å². The van der Waals surface area contributed by atoms with Gasteiger partial charge in [0.2, 0.25) is 5.13 Å². The summed E-state index contributed by atoms with van der Waals surface area (Å²) in [5.74, 6) is 0.684. The first-order valence-corrected chi connectivity index (χ1v) is 7.90. The molecule has 3 rings (SSSR count). The number of aromatic nitrogens is 4. The van der Waals surface area contributed by atoms with Gasteiger partial charge in [0.15, 0.2) is 0 Å². The van der Waals surface area contributed by atoms with Crippen molar-refractivity contribution in [3.63, 3.8) is 0 Å². The van der Waals surface area contributed by atoms with Crippen molar-refractivity contribution >= 4 is 46.6 Å². The first-order valence-electron chi connectivity index (χ1n) is 6.30. The number of thiol groups is 1. The SMILES string of the molecule is C.Cc1nsc(N=Nc2cn(-c3cc(S)ccc3Cl)nc2C)n1. The van der Waals surface area contributed by atoms with Gasteiger partial charge >= 0.3 is 0 Å². The fourth-order valence-electron chi connectivity index (χ4n) is 1.77. The molecule has 6 nitrogen and oxygen atoms in total. The Balaban J connectivity index is 0.00000192. The molecule has 0 bridgehead atoms. The summed E-state index contributed by atoms with van der Waals surface area (Å²) in [4.78, 5) is 4.94. The molecule has 0 radical (unpaired) electrons. The van der Waals surface area contributed by atoms with E-state index in [2.05, 4.69) is 37.3 Å². The van der Waals surface area contributed by atoms with Crippen molar-refractivity contribution in [1.29, 1.82) is 0 Å². The van der Waals surface area contributed by atoms with Crippen LogP contribution in [0.15, 0.2) is 39.5 Å². The smallest absolute Gasteiger partial charge is 0.237 e. The van der Waals surface area contributed by atoms with Gasteiger partial charge in [0.1, 0.15) is 11.5 Å². The van der Waals surface area contributed by atoms with E-state index in [0.29, 0.717) is 21.7 Å². The maximum absolute atomic E-state index is 6.20. The van der Waals surface area contributed by atoms with Gasteiger partial charge in [0.25, 0.3) is 0 Å². The Morgan fingerprint density at radius 1 is 1.26 bits per heavy atom. The molecule has 0 N–H and O–H groups in total. The maximum Gasteiger partial charge on any atom is 0.249 e. The van der Waals surface area contributed by atoms with Crippen LogP contribution in [0.2, 0.25) is 5.02 Å². The Bertz CT molecular complexity index is 855. The molecule has 0 saturated heterocycles. The zero-order valence-corrected chi connectivity index (χ0v) is 14.2. The third-order valence-electron chi connectivity index (χ3n) is 2.81. The van der Waals surface area contributed by atoms with Crippen molar-refractivity contribution in [3.8, 4) is 5.69 Å². The van der Waals surface area contributed by atoms with E-state index < -0.39 is 0 Å². The zero-order valence-electron chi connectivity index (χ0n) is 11.7. The van der Waals surface area contributed by atoms with Gasteiger partial charge in [-0.1, -0.05) is 19.0 Å². The van der Waals surface area contributed by atoms with E-state index in [1.807, 2.05) is 26.0 Å². The van der Waals surface area contributed by atoms with Crippen LogP contribution in [-0.4, -0.2) is 19.1 Å². The number of hydrogen-bond acceptors (Lipinski definition) is 7. The summed E-state index contributed by atoms with van der Waals surface area (Å²) in [6.07, 6.45) is 1.77. The zero-order chi connectivity index (χ0) is 15.7. The summed E-state index contributed by atoms with van der Waals surface area (Å²) in [7, 11) is 0. The molecule has 0 amide bonds. The molecule has 2 aromatic heterocycles. The third kappa shape index (κ3) is 3.95. The largest absolute Gasteiger partial charge is 0.249 e. The fraction of sp³-hybridized carbons (Fsp3) is 0.214. The Morgan fingerprint density at radius 3 is 2.74 bits per heavy atom. The highest BCUT2D eigenvalue weighted by Crippen LogP contribution is 2.27. The molecular formula is C14H15ClN6S2. The predicted octanol–water partition coefficient (Wildman–Crippen LogP) is 5.33. The molecule has 0 fully saturated rings. The van der Waals surface area contributed by atoms with E-state index >= 15 is 0 Å². The van der Waals surface area contributed by atoms with Crippen molar-refractivity contribution in [2.75, 3.05) is 0 Å². The standard InChI is InChI=1S/C13H11ClN6S2.CH4/c1-7-11(16-17-13-15-8(2)19-22-13)6-20(18-7)12-5-9(21)3-4-10(12)14;/h3-6,21H,1-2H3;1H4. The average molecular weight is 367 g/mol. The summed E-state index contributed by atoms with van der Waals surface area (Å²) < 4.78 is 5.72. The van der Waals surface area contributed by atoms with Crippen LogP contribution in [-0.2, 0) is 0 Å². The highest BCUT2D eigenvalue weighted by molar-refractivity contribution is 7.80. The quantitative estimate of drug-likeness (QED) is 0.502. The number of halogens is 1. The maximum atomic E-state index is 6.20. The molecule has 0 atom stereocenters. The second-order valence-corrected chi connectivity index (χ2v) is 6.16. The van der Waals surface area contributed by atoms with Crippen LogP contribution in [0.1, 0.15) is 18.9 Å². The first kappa shape index (κ1) is 17.6. The fourth-order valence-corrected chi connectivity index (χ4v) is 2.68. The van der Waals surface area contributed by atoms with Gasteiger partial charge in [-0.3, -0.25) is 0 Å². The molecule has 120 valence electrons. The Kier molecular flexibility index (Phi) is 5.51. The van der Waals surface area contributed by atoms with E-state index in [-0.39, 0.29) is 7.43 Å². The molecule has 0 unspecified atom stereocenters. The van der Waals surface area contributed by atoms with Crippen LogP contribution < -0.4 is 0 Å². The topological polar surface area (TPSA) is 68.3 Å². The van der Waals surface area contributed by atoms with Crippen LogP contribution in [0.3, 0.4) is 0 Å². The van der Waals surface area contributed by atoms with Crippen molar-refractivity contribution in [3.05, 3.63) is 40.9 Å². The van der Waals surface area contributed by atoms with Crippen LogP contribution in [0.4, 0.5) is 10.8 Å². The lowest BCUT2D eigenvalue weighted by molar-refractivity contribution is 0.860. The lowest BCUT2D eigenvalue weighted by atomic mass is 10.3. The third-order valence-corrected chi connectivity index (χ3v) is 4.10. The minimum Gasteiger partial charge on any atom is -0.237 e. The minimum absolute atomic E-state index is 0. The number of azo groups is 1. The number of aryl methyl sites for hydroxylation is 2. The molecule has 1 aromatic carbocycles. The lowest BCUT2D eigenvalue weighted by Crippen LogP contribution is -1.95. The molecule has 23 heavy (non-hydrogen) atoms. The van der Waals surface area contributed by atoms with Crippen LogP contribution in [0, 0.1) is 13.8 Å². The van der Waals surface area contributed by atoms with E-state index in [1.54, 1.807) is 16.9 Å². The van der Waals surface area contributed by atoms with Gasteiger partial charge in [-0.05, 0) is 32.0 Å². The number of rotatable bonds is 3. The number of hydrogen-bond donors (Lipinski definition) is 1. The van der Waals surface area contributed by atoms with Gasteiger partial charge in [-0.15, -0.1) is 22.9 Å². The molecule has 0 aliphatic rings. The molecule has 0 spiro atoms. The van der Waals surface area contributed by atoms with E-state index in [0.717, 1.165) is 16.3 Å². The Hall–Kier alpha value is -1.77. The first-order chi connectivity index (χ1) is 10.5. The molecule has 9 heteroatoms. The minimum atomic E-state index is 0. The van der Waals surface area contributed by atoms with Crippen LogP contribution >= 0.6 is 35.8 Å². The van der Waals surface area contributed by atoms with E-state index in [9.17, 15) is 0 Å². The summed E-state index contributed by atoms with van der Waals surface area (Å²) in [6, 6.07) is 5.44. The normalized spacial score (nSPS) is 11.0. The van der Waals surface area contributed by atoms with Crippen LogP contribution in [0.25, 0.3) is 5.69 Å². The number of benzene rings is 1. The summed E-state index contributed by atoms with van der Waals surface area (Å²) in [5, 5.41) is 13.8. The van der Waals surface area contributed by atoms with Crippen molar-refractivity contribution in [1.82, 2.24) is 19.1 Å². The van der Waals surface area contributed by atoms with Gasteiger partial charge < -0.3 is 0 Å². The van der Waals surface area contributed by atoms with Gasteiger partial charge in [0, 0.05) is 16.4 Å². The Labute approximate surface area is 148 Å². The van der Waals surface area contributed by atoms with Crippen molar-refractivity contribution in [2.45, 2.75) is 26.2 Å². The van der Waals surface area contributed by atoms with Crippen molar-refractivity contribution < 1.29 is 0 Å². The molecule has 3 aromatic rings. The average Bonchev–Trinajstić information content (AvgIpc) is 3.05. The highest BCUT2D eigenvalue weighted by atomic mass is 35.5.